The average molecular weight is 353 g/mol. The molecule has 26 heavy (non-hydrogen) atoms. The van der Waals surface area contributed by atoms with Crippen molar-refractivity contribution in [1.82, 2.24) is 0 Å². The molecule has 1 aliphatic heterocycles. The molecule has 136 valence electrons. The van der Waals surface area contributed by atoms with Crippen LogP contribution >= 0.6 is 0 Å². The first-order valence-electron chi connectivity index (χ1n) is 9.22. The van der Waals surface area contributed by atoms with E-state index in [2.05, 4.69) is 17.4 Å². The number of rotatable bonds is 4. The minimum atomic E-state index is -0.197. The summed E-state index contributed by atoms with van der Waals surface area (Å²) in [6.45, 7) is 1.24. The first-order valence-corrected chi connectivity index (χ1v) is 9.22. The average Bonchev–Trinajstić information content (AvgIpc) is 2.91. The first kappa shape index (κ1) is 16.8. The van der Waals surface area contributed by atoms with Crippen LogP contribution in [0.25, 0.3) is 0 Å². The van der Waals surface area contributed by atoms with Crippen molar-refractivity contribution in [3.8, 4) is 17.2 Å². The number of nitrogens with one attached hydrogen (secondary N) is 1. The lowest BCUT2D eigenvalue weighted by molar-refractivity contribution is -0.118. The summed E-state index contributed by atoms with van der Waals surface area (Å²) in [6.07, 6.45) is 5.56. The molecule has 0 saturated heterocycles. The predicted molar refractivity (Wildman–Crippen MR) is 99.3 cm³/mol. The molecule has 4 rings (SSSR count). The Kier molecular flexibility index (Phi) is 4.95. The minimum Gasteiger partial charge on any atom is -0.490 e. The van der Waals surface area contributed by atoms with Gasteiger partial charge >= 0.3 is 0 Å². The van der Waals surface area contributed by atoms with E-state index in [0.717, 1.165) is 25.0 Å². The highest BCUT2D eigenvalue weighted by atomic mass is 16.5. The zero-order valence-electron chi connectivity index (χ0n) is 14.8. The molecule has 1 aliphatic carbocycles. The molecule has 0 fully saturated rings. The zero-order valence-corrected chi connectivity index (χ0v) is 14.8. The van der Waals surface area contributed by atoms with E-state index in [4.69, 9.17) is 14.2 Å². The van der Waals surface area contributed by atoms with E-state index >= 15 is 0 Å². The maximum absolute atomic E-state index is 12.2. The molecular formula is C21H23NO4. The molecule has 1 heterocycles. The highest BCUT2D eigenvalue weighted by Crippen LogP contribution is 2.32. The molecule has 5 heteroatoms. The van der Waals surface area contributed by atoms with Crippen LogP contribution in [0.3, 0.4) is 0 Å². The molecule has 5 nitrogen and oxygen atoms in total. The Balaban J connectivity index is 1.35. The predicted octanol–water partition coefficient (Wildman–Crippen LogP) is 3.74. The van der Waals surface area contributed by atoms with Gasteiger partial charge in [-0.15, -0.1) is 0 Å². The highest BCUT2D eigenvalue weighted by Gasteiger charge is 2.13. The van der Waals surface area contributed by atoms with E-state index in [0.29, 0.717) is 30.4 Å². The molecule has 1 amide bonds. The van der Waals surface area contributed by atoms with Gasteiger partial charge in [-0.3, -0.25) is 4.79 Å². The summed E-state index contributed by atoms with van der Waals surface area (Å²) in [6, 6.07) is 11.5. The topological polar surface area (TPSA) is 56.8 Å². The lowest BCUT2D eigenvalue weighted by atomic mass is 9.92. The summed E-state index contributed by atoms with van der Waals surface area (Å²) in [4.78, 5) is 12.2. The maximum Gasteiger partial charge on any atom is 0.262 e. The molecule has 0 spiro atoms. The summed E-state index contributed by atoms with van der Waals surface area (Å²) >= 11 is 0. The Hall–Kier alpha value is -2.69. The van der Waals surface area contributed by atoms with Crippen LogP contribution < -0.4 is 19.5 Å². The maximum atomic E-state index is 12.2. The van der Waals surface area contributed by atoms with Gasteiger partial charge < -0.3 is 19.5 Å². The fourth-order valence-electron chi connectivity index (χ4n) is 3.39. The molecule has 1 N–H and O–H groups in total. The van der Waals surface area contributed by atoms with Gasteiger partial charge in [0, 0.05) is 18.2 Å². The molecule has 0 radical (unpaired) electrons. The Morgan fingerprint density at radius 1 is 0.923 bits per heavy atom. The van der Waals surface area contributed by atoms with Crippen molar-refractivity contribution in [2.75, 3.05) is 25.1 Å². The quantitative estimate of drug-likeness (QED) is 0.910. The van der Waals surface area contributed by atoms with E-state index in [1.165, 1.54) is 24.0 Å². The summed E-state index contributed by atoms with van der Waals surface area (Å²) < 4.78 is 16.9. The zero-order chi connectivity index (χ0) is 17.8. The molecule has 0 atom stereocenters. The van der Waals surface area contributed by atoms with Gasteiger partial charge in [-0.1, -0.05) is 6.07 Å². The van der Waals surface area contributed by atoms with Crippen molar-refractivity contribution in [2.24, 2.45) is 0 Å². The number of aryl methyl sites for hydroxylation is 2. The fraction of sp³-hybridized carbons (Fsp3) is 0.381. The highest BCUT2D eigenvalue weighted by molar-refractivity contribution is 5.92. The van der Waals surface area contributed by atoms with E-state index in [-0.39, 0.29) is 12.5 Å². The van der Waals surface area contributed by atoms with Crippen molar-refractivity contribution in [3.05, 3.63) is 47.5 Å². The van der Waals surface area contributed by atoms with Crippen LogP contribution in [0.4, 0.5) is 5.69 Å². The third kappa shape index (κ3) is 3.93. The second-order valence-electron chi connectivity index (χ2n) is 6.69. The minimum absolute atomic E-state index is 0.0206. The number of ether oxygens (including phenoxy) is 3. The number of carbonyl (C=O) groups excluding carboxylic acids is 1. The van der Waals surface area contributed by atoms with E-state index in [9.17, 15) is 4.79 Å². The van der Waals surface area contributed by atoms with Crippen molar-refractivity contribution in [3.63, 3.8) is 0 Å². The van der Waals surface area contributed by atoms with Gasteiger partial charge in [-0.05, 0) is 61.1 Å². The Morgan fingerprint density at radius 3 is 2.62 bits per heavy atom. The second kappa shape index (κ2) is 7.68. The normalized spacial score (nSPS) is 15.5. The summed E-state index contributed by atoms with van der Waals surface area (Å²) in [5.74, 6) is 1.93. The fourth-order valence-corrected chi connectivity index (χ4v) is 3.39. The largest absolute Gasteiger partial charge is 0.490 e. The van der Waals surface area contributed by atoms with Gasteiger partial charge in [0.05, 0.1) is 13.2 Å². The van der Waals surface area contributed by atoms with Crippen molar-refractivity contribution >= 4 is 11.6 Å². The van der Waals surface area contributed by atoms with Gasteiger partial charge in [-0.25, -0.2) is 0 Å². The van der Waals surface area contributed by atoms with Crippen LogP contribution in [-0.4, -0.2) is 25.7 Å². The Labute approximate surface area is 153 Å². The van der Waals surface area contributed by atoms with Crippen LogP contribution in [0.5, 0.6) is 17.2 Å². The molecule has 0 aromatic heterocycles. The SMILES string of the molecule is O=C(COc1ccc2c(c1)CCCC2)Nc1ccc2c(c1)OCCCO2. The monoisotopic (exact) mass is 353 g/mol. The molecular weight excluding hydrogens is 330 g/mol. The number of amides is 1. The second-order valence-corrected chi connectivity index (χ2v) is 6.69. The number of anilines is 1. The molecule has 0 unspecified atom stereocenters. The number of fused-ring (bicyclic) bond motifs is 2. The third-order valence-corrected chi connectivity index (χ3v) is 4.72. The van der Waals surface area contributed by atoms with Crippen LogP contribution in [0, 0.1) is 0 Å². The standard InChI is InChI=1S/C21H23NO4/c23-21(14-26-18-8-6-15-4-1-2-5-16(15)12-18)22-17-7-9-19-20(13-17)25-11-3-10-24-19/h6-9,12-13H,1-5,10-11,14H2,(H,22,23). The van der Waals surface area contributed by atoms with E-state index < -0.39 is 0 Å². The van der Waals surface area contributed by atoms with Crippen molar-refractivity contribution in [1.29, 1.82) is 0 Å². The van der Waals surface area contributed by atoms with Crippen LogP contribution in [0.15, 0.2) is 36.4 Å². The van der Waals surface area contributed by atoms with Gasteiger partial charge in [-0.2, -0.15) is 0 Å². The Bertz CT molecular complexity index is 803. The van der Waals surface area contributed by atoms with Crippen LogP contribution in [-0.2, 0) is 17.6 Å². The smallest absolute Gasteiger partial charge is 0.262 e. The van der Waals surface area contributed by atoms with Crippen molar-refractivity contribution < 1.29 is 19.0 Å². The molecule has 2 aliphatic rings. The number of hydrogen-bond donors (Lipinski definition) is 1. The lowest BCUT2D eigenvalue weighted by Gasteiger charge is -2.16. The molecule has 0 bridgehead atoms. The number of benzene rings is 2. The number of carbonyl (C=O) groups is 1. The summed E-state index contributed by atoms with van der Waals surface area (Å²) in [7, 11) is 0. The summed E-state index contributed by atoms with van der Waals surface area (Å²) in [5.41, 5.74) is 3.42. The Morgan fingerprint density at radius 2 is 1.73 bits per heavy atom. The van der Waals surface area contributed by atoms with Crippen LogP contribution in [0.1, 0.15) is 30.4 Å². The van der Waals surface area contributed by atoms with Crippen molar-refractivity contribution in [2.45, 2.75) is 32.1 Å². The van der Waals surface area contributed by atoms with Gasteiger partial charge in [0.2, 0.25) is 0 Å². The van der Waals surface area contributed by atoms with Gasteiger partial charge in [0.15, 0.2) is 18.1 Å². The van der Waals surface area contributed by atoms with Gasteiger partial charge in [0.1, 0.15) is 5.75 Å². The molecule has 2 aromatic rings. The molecule has 0 saturated carbocycles. The van der Waals surface area contributed by atoms with Crippen LogP contribution in [0.2, 0.25) is 0 Å². The van der Waals surface area contributed by atoms with E-state index in [1.54, 1.807) is 6.07 Å². The number of hydrogen-bond acceptors (Lipinski definition) is 4. The lowest BCUT2D eigenvalue weighted by Crippen LogP contribution is -2.20. The van der Waals surface area contributed by atoms with Gasteiger partial charge in [0.25, 0.3) is 5.91 Å². The third-order valence-electron chi connectivity index (χ3n) is 4.72. The van der Waals surface area contributed by atoms with E-state index in [1.807, 2.05) is 18.2 Å². The molecule has 2 aromatic carbocycles. The first-order chi connectivity index (χ1) is 12.8. The summed E-state index contributed by atoms with van der Waals surface area (Å²) in [5, 5.41) is 2.85.